The zero-order valence-corrected chi connectivity index (χ0v) is 7.04. The maximum atomic E-state index is 9.48. The predicted molar refractivity (Wildman–Crippen MR) is 47.9 cm³/mol. The second-order valence-electron chi connectivity index (χ2n) is 3.09. The summed E-state index contributed by atoms with van der Waals surface area (Å²) in [6.07, 6.45) is 3.74. The highest BCUT2D eigenvalue weighted by Gasteiger charge is 2.12. The molecule has 0 unspecified atom stereocenters. The van der Waals surface area contributed by atoms with Crippen LogP contribution in [0.3, 0.4) is 0 Å². The lowest BCUT2D eigenvalue weighted by Gasteiger charge is -2.12. The van der Waals surface area contributed by atoms with Crippen LogP contribution in [-0.2, 0) is 6.42 Å². The molecule has 0 aliphatic heterocycles. The molecule has 62 valence electrons. The Kier molecular flexibility index (Phi) is 1.61. The Morgan fingerprint density at radius 3 is 3.08 bits per heavy atom. The monoisotopic (exact) mass is 161 g/mol. The normalized spacial score (nSPS) is 15.2. The number of hydrogen-bond acceptors (Lipinski definition) is 2. The summed E-state index contributed by atoms with van der Waals surface area (Å²) >= 11 is 0. The van der Waals surface area contributed by atoms with Crippen molar-refractivity contribution in [2.24, 2.45) is 0 Å². The summed E-state index contributed by atoms with van der Waals surface area (Å²) in [7, 11) is 0. The molecule has 0 fully saturated rings. The second-order valence-corrected chi connectivity index (χ2v) is 3.09. The van der Waals surface area contributed by atoms with Gasteiger partial charge in [-0.1, -0.05) is 6.07 Å². The molecule has 0 saturated carbocycles. The fourth-order valence-corrected chi connectivity index (χ4v) is 1.47. The van der Waals surface area contributed by atoms with Gasteiger partial charge in [-0.2, -0.15) is 0 Å². The number of aryl methyl sites for hydroxylation is 2. The Hall–Kier alpha value is -1.31. The van der Waals surface area contributed by atoms with E-state index in [0.29, 0.717) is 5.76 Å². The highest BCUT2D eigenvalue weighted by molar-refractivity contribution is 5.60. The van der Waals surface area contributed by atoms with Crippen LogP contribution in [0.2, 0.25) is 0 Å². The van der Waals surface area contributed by atoms with E-state index in [1.165, 1.54) is 0 Å². The summed E-state index contributed by atoms with van der Waals surface area (Å²) < 4.78 is 0. The Labute approximate surface area is 71.6 Å². The number of fused-ring (bicyclic) bond motifs is 1. The van der Waals surface area contributed by atoms with Gasteiger partial charge in [-0.05, 0) is 37.5 Å². The Morgan fingerprint density at radius 1 is 1.42 bits per heavy atom. The molecule has 0 aromatic carbocycles. The molecule has 2 rings (SSSR count). The van der Waals surface area contributed by atoms with Gasteiger partial charge in [0.2, 0.25) is 0 Å². The number of aliphatic hydroxyl groups is 1. The molecule has 0 saturated heterocycles. The van der Waals surface area contributed by atoms with Crippen molar-refractivity contribution in [2.75, 3.05) is 0 Å². The van der Waals surface area contributed by atoms with Gasteiger partial charge in [0.1, 0.15) is 11.5 Å². The highest BCUT2D eigenvalue weighted by Crippen LogP contribution is 2.22. The molecule has 1 aromatic heterocycles. The van der Waals surface area contributed by atoms with Crippen LogP contribution in [0.4, 0.5) is 0 Å². The van der Waals surface area contributed by atoms with E-state index in [2.05, 4.69) is 4.98 Å². The van der Waals surface area contributed by atoms with E-state index in [4.69, 9.17) is 0 Å². The number of pyridine rings is 1. The average molecular weight is 161 g/mol. The minimum Gasteiger partial charge on any atom is -0.506 e. The fraction of sp³-hybridized carbons (Fsp3) is 0.300. The van der Waals surface area contributed by atoms with E-state index in [0.717, 1.165) is 29.8 Å². The minimum absolute atomic E-state index is 0.333. The molecule has 2 heteroatoms. The molecule has 2 nitrogen and oxygen atoms in total. The second kappa shape index (κ2) is 2.63. The number of rotatable bonds is 0. The third kappa shape index (κ3) is 1.09. The Balaban J connectivity index is 2.58. The molecule has 0 spiro atoms. The summed E-state index contributed by atoms with van der Waals surface area (Å²) in [6.45, 7) is 1.93. The summed E-state index contributed by atoms with van der Waals surface area (Å²) in [4.78, 5) is 4.28. The third-order valence-corrected chi connectivity index (χ3v) is 2.11. The van der Waals surface area contributed by atoms with E-state index in [-0.39, 0.29) is 0 Å². The molecule has 0 atom stereocenters. The van der Waals surface area contributed by atoms with Crippen molar-refractivity contribution in [3.05, 3.63) is 35.2 Å². The van der Waals surface area contributed by atoms with E-state index in [1.54, 1.807) is 0 Å². The topological polar surface area (TPSA) is 33.1 Å². The van der Waals surface area contributed by atoms with Gasteiger partial charge in [-0.3, -0.25) is 0 Å². The first-order chi connectivity index (χ1) is 5.77. The summed E-state index contributed by atoms with van der Waals surface area (Å²) in [5.41, 5.74) is 2.87. The largest absolute Gasteiger partial charge is 0.506 e. The van der Waals surface area contributed by atoms with E-state index in [1.807, 2.05) is 25.1 Å². The van der Waals surface area contributed by atoms with Gasteiger partial charge in [0.15, 0.2) is 0 Å². The third-order valence-electron chi connectivity index (χ3n) is 2.11. The molecule has 1 heterocycles. The maximum Gasteiger partial charge on any atom is 0.137 e. The number of hydrogen-bond donors (Lipinski definition) is 1. The summed E-state index contributed by atoms with van der Waals surface area (Å²) in [6, 6.07) is 4.03. The van der Waals surface area contributed by atoms with Crippen LogP contribution < -0.4 is 0 Å². The summed E-state index contributed by atoms with van der Waals surface area (Å²) in [5.74, 6) is 0.333. The maximum absolute atomic E-state index is 9.48. The SMILES string of the molecule is Cc1ccc2c(n1)C(O)=CCC2. The van der Waals surface area contributed by atoms with Gasteiger partial charge >= 0.3 is 0 Å². The predicted octanol–water partition coefficient (Wildman–Crippen LogP) is 2.24. The number of aliphatic hydroxyl groups excluding tert-OH is 1. The van der Waals surface area contributed by atoms with Crippen LogP contribution in [0, 0.1) is 6.92 Å². The van der Waals surface area contributed by atoms with Crippen molar-refractivity contribution in [2.45, 2.75) is 19.8 Å². The van der Waals surface area contributed by atoms with Crippen molar-refractivity contribution in [1.82, 2.24) is 4.98 Å². The zero-order chi connectivity index (χ0) is 8.55. The highest BCUT2D eigenvalue weighted by atomic mass is 16.3. The van der Waals surface area contributed by atoms with Crippen molar-refractivity contribution < 1.29 is 5.11 Å². The van der Waals surface area contributed by atoms with Crippen LogP contribution in [0.25, 0.3) is 5.76 Å². The lowest BCUT2D eigenvalue weighted by molar-refractivity contribution is 0.501. The van der Waals surface area contributed by atoms with Crippen LogP contribution in [0.5, 0.6) is 0 Å². The Bertz CT molecular complexity index is 342. The smallest absolute Gasteiger partial charge is 0.137 e. The first kappa shape index (κ1) is 7.35. The molecule has 0 bridgehead atoms. The molecule has 12 heavy (non-hydrogen) atoms. The van der Waals surface area contributed by atoms with E-state index >= 15 is 0 Å². The standard InChI is InChI=1S/C10H11NO/c1-7-5-6-8-3-2-4-9(12)10(8)11-7/h4-6,12H,2-3H2,1H3. The molecule has 1 aromatic rings. The fourth-order valence-electron chi connectivity index (χ4n) is 1.47. The minimum atomic E-state index is 0.333. The lowest BCUT2D eigenvalue weighted by atomic mass is 10.0. The Morgan fingerprint density at radius 2 is 2.25 bits per heavy atom. The first-order valence-corrected chi connectivity index (χ1v) is 4.13. The number of nitrogens with zero attached hydrogens (tertiary/aromatic N) is 1. The molecular weight excluding hydrogens is 150 g/mol. The quantitative estimate of drug-likeness (QED) is 0.633. The molecule has 1 aliphatic carbocycles. The van der Waals surface area contributed by atoms with Crippen molar-refractivity contribution >= 4 is 5.76 Å². The molecule has 0 amide bonds. The van der Waals surface area contributed by atoms with Crippen LogP contribution in [0.15, 0.2) is 18.2 Å². The van der Waals surface area contributed by atoms with Crippen molar-refractivity contribution in [1.29, 1.82) is 0 Å². The van der Waals surface area contributed by atoms with E-state index < -0.39 is 0 Å². The van der Waals surface area contributed by atoms with Gasteiger partial charge in [-0.15, -0.1) is 0 Å². The van der Waals surface area contributed by atoms with Gasteiger partial charge in [0.05, 0.1) is 0 Å². The average Bonchev–Trinajstić information content (AvgIpc) is 2.07. The van der Waals surface area contributed by atoms with Crippen molar-refractivity contribution in [3.8, 4) is 0 Å². The molecular formula is C10H11NO. The summed E-state index contributed by atoms with van der Waals surface area (Å²) in [5, 5.41) is 9.48. The number of aromatic nitrogens is 1. The van der Waals surface area contributed by atoms with Gasteiger partial charge in [0.25, 0.3) is 0 Å². The van der Waals surface area contributed by atoms with Gasteiger partial charge in [-0.25, -0.2) is 4.98 Å². The van der Waals surface area contributed by atoms with Crippen LogP contribution in [-0.4, -0.2) is 10.1 Å². The molecule has 0 radical (unpaired) electrons. The van der Waals surface area contributed by atoms with E-state index in [9.17, 15) is 5.11 Å². The molecule has 1 N–H and O–H groups in total. The van der Waals surface area contributed by atoms with Crippen LogP contribution in [0.1, 0.15) is 23.4 Å². The van der Waals surface area contributed by atoms with Gasteiger partial charge < -0.3 is 5.11 Å². The first-order valence-electron chi connectivity index (χ1n) is 4.13. The van der Waals surface area contributed by atoms with Crippen LogP contribution >= 0.6 is 0 Å². The lowest BCUT2D eigenvalue weighted by Crippen LogP contribution is -2.02. The zero-order valence-electron chi connectivity index (χ0n) is 7.04. The van der Waals surface area contributed by atoms with Crippen molar-refractivity contribution in [3.63, 3.8) is 0 Å². The molecule has 1 aliphatic rings. The number of allylic oxidation sites excluding steroid dienone is 1. The van der Waals surface area contributed by atoms with Gasteiger partial charge in [0, 0.05) is 5.69 Å².